The highest BCUT2D eigenvalue weighted by Crippen LogP contribution is 2.27. The third-order valence-electron chi connectivity index (χ3n) is 4.89. The molecule has 3 aromatic carbocycles. The zero-order valence-corrected chi connectivity index (χ0v) is 20.0. The minimum atomic E-state index is -3.97. The van der Waals surface area contributed by atoms with E-state index in [1.165, 1.54) is 18.3 Å². The minimum absolute atomic E-state index is 0.102. The summed E-state index contributed by atoms with van der Waals surface area (Å²) in [6.07, 6.45) is 3.13. The largest absolute Gasteiger partial charge is 0.490 e. The van der Waals surface area contributed by atoms with Crippen LogP contribution in [0.2, 0.25) is 0 Å². The van der Waals surface area contributed by atoms with Crippen molar-refractivity contribution < 1.29 is 17.9 Å². The maximum atomic E-state index is 13.4. The lowest BCUT2D eigenvalue weighted by Gasteiger charge is -2.25. The number of amides is 1. The topological polar surface area (TPSA) is 88.1 Å². The predicted molar refractivity (Wildman–Crippen MR) is 135 cm³/mol. The van der Waals surface area contributed by atoms with Crippen LogP contribution in [0.3, 0.4) is 0 Å². The van der Waals surface area contributed by atoms with Gasteiger partial charge in [0, 0.05) is 0 Å². The van der Waals surface area contributed by atoms with Crippen molar-refractivity contribution in [1.29, 1.82) is 0 Å². The molecule has 3 aromatic rings. The monoisotopic (exact) mass is 477 g/mol. The predicted octanol–water partition coefficient (Wildman–Crippen LogP) is 4.21. The number of nitrogens with one attached hydrogen (secondary N) is 1. The van der Waals surface area contributed by atoms with Gasteiger partial charge in [-0.05, 0) is 67.4 Å². The molecular weight excluding hydrogens is 450 g/mol. The Labute approximate surface area is 200 Å². The molecule has 0 saturated carbocycles. The molecule has 34 heavy (non-hydrogen) atoms. The van der Waals surface area contributed by atoms with Gasteiger partial charge in [0.2, 0.25) is 0 Å². The van der Waals surface area contributed by atoms with Gasteiger partial charge in [-0.15, -0.1) is 0 Å². The van der Waals surface area contributed by atoms with Crippen LogP contribution in [0.15, 0.2) is 95.4 Å². The average molecular weight is 478 g/mol. The first-order chi connectivity index (χ1) is 16.3. The van der Waals surface area contributed by atoms with Crippen LogP contribution in [0.1, 0.15) is 16.7 Å². The van der Waals surface area contributed by atoms with Gasteiger partial charge in [0.05, 0.1) is 16.8 Å². The lowest BCUT2D eigenvalue weighted by molar-refractivity contribution is -0.119. The zero-order valence-electron chi connectivity index (χ0n) is 19.1. The first-order valence-electron chi connectivity index (χ1n) is 10.6. The van der Waals surface area contributed by atoms with Crippen LogP contribution < -0.4 is 14.5 Å². The number of hydrazone groups is 1. The number of ether oxygens (including phenoxy) is 1. The molecule has 0 bridgehead atoms. The molecule has 0 aliphatic carbocycles. The van der Waals surface area contributed by atoms with Crippen molar-refractivity contribution in [2.75, 3.05) is 17.5 Å². The number of aryl methyl sites for hydroxylation is 2. The summed E-state index contributed by atoms with van der Waals surface area (Å²) >= 11 is 0. The minimum Gasteiger partial charge on any atom is -0.490 e. The maximum Gasteiger partial charge on any atom is 0.264 e. The highest BCUT2D eigenvalue weighted by atomic mass is 32.2. The van der Waals surface area contributed by atoms with E-state index in [1.807, 2.05) is 26.0 Å². The van der Waals surface area contributed by atoms with E-state index < -0.39 is 22.5 Å². The van der Waals surface area contributed by atoms with Gasteiger partial charge in [0.25, 0.3) is 15.9 Å². The van der Waals surface area contributed by atoms with Gasteiger partial charge in [-0.1, -0.05) is 48.6 Å². The zero-order chi connectivity index (χ0) is 24.6. The van der Waals surface area contributed by atoms with Crippen LogP contribution in [0.5, 0.6) is 5.75 Å². The van der Waals surface area contributed by atoms with Crippen molar-refractivity contribution in [3.63, 3.8) is 0 Å². The van der Waals surface area contributed by atoms with Gasteiger partial charge in [0.15, 0.2) is 0 Å². The molecule has 176 valence electrons. The third kappa shape index (κ3) is 6.32. The lowest BCUT2D eigenvalue weighted by Crippen LogP contribution is -2.40. The molecule has 1 N–H and O–H groups in total. The van der Waals surface area contributed by atoms with E-state index in [2.05, 4.69) is 17.1 Å². The Balaban J connectivity index is 1.77. The van der Waals surface area contributed by atoms with Gasteiger partial charge < -0.3 is 4.74 Å². The van der Waals surface area contributed by atoms with Gasteiger partial charge >= 0.3 is 0 Å². The van der Waals surface area contributed by atoms with E-state index in [1.54, 1.807) is 54.6 Å². The van der Waals surface area contributed by atoms with Crippen molar-refractivity contribution in [2.24, 2.45) is 5.10 Å². The summed E-state index contributed by atoms with van der Waals surface area (Å²) < 4.78 is 33.3. The molecule has 0 radical (unpaired) electrons. The SMILES string of the molecule is C=CCOc1ccc(C=NNC(=O)CN(c2ccc(C)cc2C)S(=O)(=O)c2ccccc2)cc1. The standard InChI is InChI=1S/C26H27N3O4S/c1-4-16-33-23-13-11-22(12-14-23)18-27-28-26(30)19-29(25-15-10-20(2)17-21(25)3)34(31,32)24-8-6-5-7-9-24/h4-15,17-18H,1,16,19H2,2-3H3,(H,28,30). The number of hydrogen-bond donors (Lipinski definition) is 1. The number of anilines is 1. The summed E-state index contributed by atoms with van der Waals surface area (Å²) in [6.45, 7) is 7.33. The first-order valence-corrected chi connectivity index (χ1v) is 12.1. The highest BCUT2D eigenvalue weighted by Gasteiger charge is 2.28. The van der Waals surface area contributed by atoms with E-state index in [-0.39, 0.29) is 4.90 Å². The van der Waals surface area contributed by atoms with Crippen LogP contribution >= 0.6 is 0 Å². The molecule has 0 aliphatic heterocycles. The van der Waals surface area contributed by atoms with Gasteiger partial charge in [0.1, 0.15) is 18.9 Å². The van der Waals surface area contributed by atoms with Crippen LogP contribution in [-0.4, -0.2) is 33.7 Å². The number of hydrogen-bond acceptors (Lipinski definition) is 5. The number of rotatable bonds is 10. The molecule has 1 amide bonds. The van der Waals surface area contributed by atoms with Gasteiger partial charge in [-0.25, -0.2) is 13.8 Å². The molecule has 0 aliphatic rings. The Kier molecular flexibility index (Phi) is 8.21. The molecule has 0 unspecified atom stereocenters. The van der Waals surface area contributed by atoms with Crippen molar-refractivity contribution >= 4 is 27.8 Å². The smallest absolute Gasteiger partial charge is 0.264 e. The Morgan fingerprint density at radius 2 is 1.76 bits per heavy atom. The lowest BCUT2D eigenvalue weighted by atomic mass is 10.1. The Hall–Kier alpha value is -3.91. The molecular formula is C26H27N3O4S. The fraction of sp³-hybridized carbons (Fsp3) is 0.154. The van der Waals surface area contributed by atoms with Gasteiger partial charge in [-0.2, -0.15) is 5.10 Å². The van der Waals surface area contributed by atoms with E-state index in [9.17, 15) is 13.2 Å². The molecule has 0 heterocycles. The van der Waals surface area contributed by atoms with Crippen LogP contribution in [0.4, 0.5) is 5.69 Å². The highest BCUT2D eigenvalue weighted by molar-refractivity contribution is 7.92. The van der Waals surface area contributed by atoms with Crippen molar-refractivity contribution in [3.8, 4) is 5.75 Å². The summed E-state index contributed by atoms with van der Waals surface area (Å²) in [5.74, 6) is 0.123. The van der Waals surface area contributed by atoms with Crippen molar-refractivity contribution in [3.05, 3.63) is 102 Å². The maximum absolute atomic E-state index is 13.4. The Morgan fingerprint density at radius 1 is 1.06 bits per heavy atom. The molecule has 0 aromatic heterocycles. The molecule has 0 fully saturated rings. The molecule has 0 spiro atoms. The quantitative estimate of drug-likeness (QED) is 0.269. The number of carbonyl (C=O) groups excluding carboxylic acids is 1. The summed E-state index contributed by atoms with van der Waals surface area (Å²) in [7, 11) is -3.97. The number of carbonyl (C=O) groups is 1. The molecule has 7 nitrogen and oxygen atoms in total. The van der Waals surface area contributed by atoms with Crippen LogP contribution in [0, 0.1) is 13.8 Å². The third-order valence-corrected chi connectivity index (χ3v) is 6.66. The van der Waals surface area contributed by atoms with Crippen LogP contribution in [0.25, 0.3) is 0 Å². The van der Waals surface area contributed by atoms with E-state index in [4.69, 9.17) is 4.74 Å². The van der Waals surface area contributed by atoms with Gasteiger partial charge in [-0.3, -0.25) is 9.10 Å². The summed E-state index contributed by atoms with van der Waals surface area (Å²) in [5, 5.41) is 3.97. The fourth-order valence-electron chi connectivity index (χ4n) is 3.25. The number of sulfonamides is 1. The van der Waals surface area contributed by atoms with E-state index >= 15 is 0 Å². The number of benzene rings is 3. The molecule has 0 saturated heterocycles. The van der Waals surface area contributed by atoms with Crippen molar-refractivity contribution in [2.45, 2.75) is 18.7 Å². The second-order valence-electron chi connectivity index (χ2n) is 7.58. The molecule has 0 atom stereocenters. The fourth-order valence-corrected chi connectivity index (χ4v) is 4.76. The number of nitrogens with zero attached hydrogens (tertiary/aromatic N) is 2. The van der Waals surface area contributed by atoms with Crippen molar-refractivity contribution in [1.82, 2.24) is 5.43 Å². The second-order valence-corrected chi connectivity index (χ2v) is 9.44. The average Bonchev–Trinajstić information content (AvgIpc) is 2.83. The first kappa shape index (κ1) is 24.7. The summed E-state index contributed by atoms with van der Waals surface area (Å²) in [4.78, 5) is 12.8. The van der Waals surface area contributed by atoms with E-state index in [0.717, 1.165) is 21.0 Å². The van der Waals surface area contributed by atoms with E-state index in [0.29, 0.717) is 18.0 Å². The summed E-state index contributed by atoms with van der Waals surface area (Å²) in [6, 6.07) is 20.6. The second kappa shape index (κ2) is 11.3. The summed E-state index contributed by atoms with van der Waals surface area (Å²) in [5.41, 5.74) is 5.33. The Morgan fingerprint density at radius 3 is 2.41 bits per heavy atom. The Bertz CT molecular complexity index is 1270. The molecule has 3 rings (SSSR count). The molecule has 8 heteroatoms. The van der Waals surface area contributed by atoms with Crippen LogP contribution in [-0.2, 0) is 14.8 Å². The normalized spacial score (nSPS) is 11.2.